The molecule has 19 heavy (non-hydrogen) atoms. The Bertz CT molecular complexity index is 468. The summed E-state index contributed by atoms with van der Waals surface area (Å²) in [6, 6.07) is 6.93. The lowest BCUT2D eigenvalue weighted by molar-refractivity contribution is -0.147. The van der Waals surface area contributed by atoms with E-state index in [4.69, 9.17) is 5.11 Å². The Morgan fingerprint density at radius 2 is 1.95 bits per heavy atom. The molecule has 0 saturated heterocycles. The van der Waals surface area contributed by atoms with Gasteiger partial charge in [0.1, 0.15) is 12.3 Å². The molecule has 104 valence electrons. The first kappa shape index (κ1) is 15.4. The van der Waals surface area contributed by atoms with Gasteiger partial charge in [-0.05, 0) is 31.9 Å². The van der Waals surface area contributed by atoms with Crippen molar-refractivity contribution in [1.82, 2.24) is 4.90 Å². The second-order valence-corrected chi connectivity index (χ2v) is 4.76. The molecule has 1 aromatic carbocycles. The van der Waals surface area contributed by atoms with Crippen LogP contribution in [0.2, 0.25) is 0 Å². The van der Waals surface area contributed by atoms with Crippen LogP contribution in [0.15, 0.2) is 30.8 Å². The van der Waals surface area contributed by atoms with Gasteiger partial charge in [-0.1, -0.05) is 36.4 Å². The Morgan fingerprint density at radius 1 is 1.37 bits per heavy atom. The number of hydrogen-bond acceptors (Lipinski definition) is 3. The third kappa shape index (κ3) is 3.91. The number of hydrogen-bond donors (Lipinski definition) is 2. The van der Waals surface area contributed by atoms with Gasteiger partial charge in [0.2, 0.25) is 0 Å². The van der Waals surface area contributed by atoms with Crippen molar-refractivity contribution in [3.05, 3.63) is 42.0 Å². The summed E-state index contributed by atoms with van der Waals surface area (Å²) in [6.45, 7) is 9.34. The zero-order valence-electron chi connectivity index (χ0n) is 11.6. The van der Waals surface area contributed by atoms with E-state index in [2.05, 4.69) is 6.58 Å². The van der Waals surface area contributed by atoms with E-state index in [0.29, 0.717) is 6.54 Å². The van der Waals surface area contributed by atoms with E-state index >= 15 is 0 Å². The maximum absolute atomic E-state index is 11.1. The summed E-state index contributed by atoms with van der Waals surface area (Å²) in [5.41, 5.74) is 2.87. The van der Waals surface area contributed by atoms with Crippen LogP contribution in [-0.4, -0.2) is 33.4 Å². The minimum atomic E-state index is -0.950. The van der Waals surface area contributed by atoms with Crippen LogP contribution in [-0.2, 0) is 11.3 Å². The third-order valence-electron chi connectivity index (χ3n) is 3.16. The van der Waals surface area contributed by atoms with Gasteiger partial charge in [0, 0.05) is 6.54 Å². The van der Waals surface area contributed by atoms with Crippen LogP contribution in [0, 0.1) is 0 Å². The average Bonchev–Trinajstić information content (AvgIpc) is 2.34. The zero-order chi connectivity index (χ0) is 14.6. The molecule has 0 aromatic heterocycles. The molecule has 2 N–H and O–H groups in total. The van der Waals surface area contributed by atoms with Gasteiger partial charge in [0.05, 0.1) is 0 Å². The smallest absolute Gasteiger partial charge is 0.320 e. The minimum absolute atomic E-state index is 0.369. The Hall–Kier alpha value is -1.65. The van der Waals surface area contributed by atoms with Crippen molar-refractivity contribution in [3.8, 4) is 0 Å². The maximum atomic E-state index is 11.1. The second kappa shape index (κ2) is 6.50. The fraction of sp³-hybridized carbons (Fsp3) is 0.400. The van der Waals surface area contributed by atoms with Crippen molar-refractivity contribution in [2.45, 2.75) is 39.6 Å². The van der Waals surface area contributed by atoms with E-state index in [-0.39, 0.29) is 0 Å². The van der Waals surface area contributed by atoms with Crippen LogP contribution >= 0.6 is 0 Å². The fourth-order valence-electron chi connectivity index (χ4n) is 2.01. The van der Waals surface area contributed by atoms with Crippen LogP contribution in [0.5, 0.6) is 0 Å². The van der Waals surface area contributed by atoms with Gasteiger partial charge in [-0.3, -0.25) is 9.69 Å². The highest BCUT2D eigenvalue weighted by Crippen LogP contribution is 2.20. The van der Waals surface area contributed by atoms with Gasteiger partial charge in [0.25, 0.3) is 0 Å². The van der Waals surface area contributed by atoms with Crippen molar-refractivity contribution in [2.75, 3.05) is 0 Å². The minimum Gasteiger partial charge on any atom is -0.480 e. The van der Waals surface area contributed by atoms with E-state index in [9.17, 15) is 9.90 Å². The molecule has 1 aromatic rings. The highest BCUT2D eigenvalue weighted by molar-refractivity contribution is 5.73. The Labute approximate surface area is 114 Å². The number of carboxylic acids is 1. The molecule has 0 saturated carbocycles. The molecule has 0 aliphatic carbocycles. The number of aliphatic carboxylic acids is 1. The molecule has 0 heterocycles. The van der Waals surface area contributed by atoms with Gasteiger partial charge < -0.3 is 10.2 Å². The molecule has 0 aliphatic rings. The molecule has 0 fully saturated rings. The number of carbonyl (C=O) groups is 1. The van der Waals surface area contributed by atoms with Gasteiger partial charge in [0.15, 0.2) is 0 Å². The highest BCUT2D eigenvalue weighted by atomic mass is 16.4. The zero-order valence-corrected chi connectivity index (χ0v) is 11.6. The summed E-state index contributed by atoms with van der Waals surface area (Å²) in [5, 5.41) is 18.8. The molecule has 4 heteroatoms. The van der Waals surface area contributed by atoms with Gasteiger partial charge in [-0.15, -0.1) is 0 Å². The number of allylic oxidation sites excluding steroid dienone is 1. The first-order valence-corrected chi connectivity index (χ1v) is 6.25. The number of aliphatic hydroxyl groups is 1. The molecule has 1 rings (SSSR count). The normalized spacial score (nSPS) is 14.2. The van der Waals surface area contributed by atoms with Crippen molar-refractivity contribution in [2.24, 2.45) is 0 Å². The van der Waals surface area contributed by atoms with E-state index in [1.807, 2.05) is 31.2 Å². The topological polar surface area (TPSA) is 60.8 Å². The molecule has 0 aliphatic heterocycles. The maximum Gasteiger partial charge on any atom is 0.320 e. The number of carboxylic acid groups (broad SMARTS) is 1. The lowest BCUT2D eigenvalue weighted by Crippen LogP contribution is -2.44. The number of aliphatic hydroxyl groups excluding tert-OH is 1. The Kier molecular flexibility index (Phi) is 5.27. The summed E-state index contributed by atoms with van der Waals surface area (Å²) >= 11 is 0. The number of nitrogens with zero attached hydrogens (tertiary/aromatic N) is 1. The lowest BCUT2D eigenvalue weighted by atomic mass is 10.0. The summed E-state index contributed by atoms with van der Waals surface area (Å²) < 4.78 is 0. The Morgan fingerprint density at radius 3 is 2.42 bits per heavy atom. The standard InChI is InChI=1S/C15H21NO3/c1-10(2)14-8-6-5-7-13(14)9-16(12(4)17)11(3)15(18)19/h5-8,11-12,17H,1,9H2,2-4H3,(H,18,19). The van der Waals surface area contributed by atoms with Crippen LogP contribution in [0.4, 0.5) is 0 Å². The van der Waals surface area contributed by atoms with E-state index in [1.54, 1.807) is 13.8 Å². The predicted molar refractivity (Wildman–Crippen MR) is 75.5 cm³/mol. The molecular weight excluding hydrogens is 242 g/mol. The number of rotatable bonds is 6. The van der Waals surface area contributed by atoms with Crippen molar-refractivity contribution < 1.29 is 15.0 Å². The van der Waals surface area contributed by atoms with Crippen molar-refractivity contribution in [3.63, 3.8) is 0 Å². The average molecular weight is 263 g/mol. The molecule has 0 spiro atoms. The van der Waals surface area contributed by atoms with Crippen molar-refractivity contribution >= 4 is 11.5 Å². The van der Waals surface area contributed by atoms with Gasteiger partial charge in [-0.25, -0.2) is 0 Å². The van der Waals surface area contributed by atoms with Crippen LogP contribution < -0.4 is 0 Å². The van der Waals surface area contributed by atoms with Crippen LogP contribution in [0.3, 0.4) is 0 Å². The molecule has 0 amide bonds. The molecule has 0 radical (unpaired) electrons. The summed E-state index contributed by atoms with van der Waals surface area (Å²) in [5.74, 6) is -0.950. The van der Waals surface area contributed by atoms with Crippen molar-refractivity contribution in [1.29, 1.82) is 0 Å². The molecule has 2 unspecified atom stereocenters. The SMILES string of the molecule is C=C(C)c1ccccc1CN(C(C)O)C(C)C(=O)O. The largest absolute Gasteiger partial charge is 0.480 e. The summed E-state index contributed by atoms with van der Waals surface area (Å²) in [7, 11) is 0. The summed E-state index contributed by atoms with van der Waals surface area (Å²) in [6.07, 6.45) is -0.829. The lowest BCUT2D eigenvalue weighted by Gasteiger charge is -2.29. The monoisotopic (exact) mass is 263 g/mol. The second-order valence-electron chi connectivity index (χ2n) is 4.76. The van der Waals surface area contributed by atoms with E-state index in [1.165, 1.54) is 4.90 Å². The third-order valence-corrected chi connectivity index (χ3v) is 3.16. The molecule has 0 bridgehead atoms. The quantitative estimate of drug-likeness (QED) is 0.773. The van der Waals surface area contributed by atoms with E-state index in [0.717, 1.165) is 16.7 Å². The van der Waals surface area contributed by atoms with Crippen LogP contribution in [0.1, 0.15) is 31.9 Å². The van der Waals surface area contributed by atoms with Gasteiger partial charge >= 0.3 is 5.97 Å². The first-order valence-electron chi connectivity index (χ1n) is 6.25. The molecular formula is C15H21NO3. The molecule has 4 nitrogen and oxygen atoms in total. The number of benzene rings is 1. The Balaban J connectivity index is 3.04. The fourth-order valence-corrected chi connectivity index (χ4v) is 2.01. The summed E-state index contributed by atoms with van der Waals surface area (Å²) in [4.78, 5) is 12.6. The first-order chi connectivity index (χ1) is 8.84. The molecule has 2 atom stereocenters. The van der Waals surface area contributed by atoms with E-state index < -0.39 is 18.2 Å². The van der Waals surface area contributed by atoms with Gasteiger partial charge in [-0.2, -0.15) is 0 Å². The highest BCUT2D eigenvalue weighted by Gasteiger charge is 2.24. The van der Waals surface area contributed by atoms with Crippen LogP contribution in [0.25, 0.3) is 5.57 Å². The predicted octanol–water partition coefficient (Wildman–Crippen LogP) is 2.33.